The zero-order valence-electron chi connectivity index (χ0n) is 12.8. The van der Waals surface area contributed by atoms with Gasteiger partial charge in [0.25, 0.3) is 0 Å². The van der Waals surface area contributed by atoms with E-state index in [1.54, 1.807) is 35.4 Å². The number of pyridine rings is 1. The average Bonchev–Trinajstić information content (AvgIpc) is 3.34. The van der Waals surface area contributed by atoms with Crippen molar-refractivity contribution in [1.82, 2.24) is 14.7 Å². The molecule has 4 rings (SSSR count). The number of fused-ring (bicyclic) bond motifs is 1. The second-order valence-corrected chi connectivity index (χ2v) is 10.8. The summed E-state index contributed by atoms with van der Waals surface area (Å²) in [6, 6.07) is 13.2. The van der Waals surface area contributed by atoms with Crippen LogP contribution in [-0.4, -0.2) is 18.4 Å². The summed E-state index contributed by atoms with van der Waals surface area (Å²) < 4.78 is 30.1. The van der Waals surface area contributed by atoms with Crippen molar-refractivity contribution in [1.29, 1.82) is 0 Å². The molecule has 25 heavy (non-hydrogen) atoms. The molecule has 2 N–H and O–H groups in total. The summed E-state index contributed by atoms with van der Waals surface area (Å²) >= 11 is 4.49. The van der Waals surface area contributed by atoms with Gasteiger partial charge >= 0.3 is 0 Å². The molecule has 0 unspecified atom stereocenters. The van der Waals surface area contributed by atoms with Crippen molar-refractivity contribution in [3.8, 4) is 0 Å². The highest BCUT2D eigenvalue weighted by molar-refractivity contribution is 8.03. The maximum absolute atomic E-state index is 12.5. The Morgan fingerprint density at radius 1 is 1.16 bits per heavy atom. The third kappa shape index (κ3) is 3.80. The number of H-pyrrole nitrogens is 1. The smallest absolute Gasteiger partial charge is 0.250 e. The zero-order chi connectivity index (χ0) is 17.3. The van der Waals surface area contributed by atoms with Gasteiger partial charge in [0.2, 0.25) is 10.0 Å². The second-order valence-electron chi connectivity index (χ2n) is 5.17. The molecule has 0 bridgehead atoms. The lowest BCUT2D eigenvalue weighted by Crippen LogP contribution is -2.22. The lowest BCUT2D eigenvalue weighted by Gasteiger charge is -2.02. The van der Waals surface area contributed by atoms with Crippen molar-refractivity contribution in [3.63, 3.8) is 0 Å². The van der Waals surface area contributed by atoms with E-state index in [0.717, 1.165) is 25.1 Å². The van der Waals surface area contributed by atoms with E-state index in [1.807, 2.05) is 41.8 Å². The van der Waals surface area contributed by atoms with Crippen LogP contribution in [0.3, 0.4) is 0 Å². The molecule has 0 atom stereocenters. The molecule has 128 valence electrons. The monoisotopic (exact) mass is 407 g/mol. The number of sulfonamides is 1. The Morgan fingerprint density at radius 2 is 2.08 bits per heavy atom. The van der Waals surface area contributed by atoms with E-state index >= 15 is 0 Å². The van der Waals surface area contributed by atoms with Crippen molar-refractivity contribution in [2.45, 2.75) is 19.2 Å². The highest BCUT2D eigenvalue weighted by atomic mass is 32.3. The highest BCUT2D eigenvalue weighted by Gasteiger charge is 2.17. The van der Waals surface area contributed by atoms with Crippen molar-refractivity contribution < 1.29 is 8.42 Å². The quantitative estimate of drug-likeness (QED) is 0.499. The number of aromatic nitrogens is 2. The molecule has 0 saturated carbocycles. The third-order valence-corrected chi connectivity index (χ3v) is 8.57. The van der Waals surface area contributed by atoms with Gasteiger partial charge in [-0.25, -0.2) is 18.1 Å². The SMILES string of the molecule is O=S(=O)(NCc1cc2cccnc2[nH]1)c1ccc(Sc2cccs2)s1. The van der Waals surface area contributed by atoms with Crippen LogP contribution < -0.4 is 4.72 Å². The van der Waals surface area contributed by atoms with Gasteiger partial charge in [-0.2, -0.15) is 0 Å². The van der Waals surface area contributed by atoms with Crippen LogP contribution in [0.2, 0.25) is 0 Å². The first kappa shape index (κ1) is 16.8. The molecule has 0 aliphatic heterocycles. The molecule has 0 amide bonds. The molecule has 0 aromatic carbocycles. The predicted octanol–water partition coefficient (Wildman–Crippen LogP) is 4.32. The van der Waals surface area contributed by atoms with Gasteiger partial charge in [0.15, 0.2) is 0 Å². The van der Waals surface area contributed by atoms with E-state index in [0.29, 0.717) is 4.21 Å². The zero-order valence-corrected chi connectivity index (χ0v) is 16.1. The molecule has 0 radical (unpaired) electrons. The number of nitrogens with one attached hydrogen (secondary N) is 2. The number of hydrogen-bond donors (Lipinski definition) is 2. The molecule has 0 saturated heterocycles. The lowest BCUT2D eigenvalue weighted by atomic mass is 10.3. The minimum absolute atomic E-state index is 0.198. The third-order valence-electron chi connectivity index (χ3n) is 3.42. The van der Waals surface area contributed by atoms with E-state index in [-0.39, 0.29) is 6.54 Å². The fourth-order valence-corrected chi connectivity index (χ4v) is 6.95. The second kappa shape index (κ2) is 6.93. The van der Waals surface area contributed by atoms with Crippen LogP contribution in [0, 0.1) is 0 Å². The molecule has 0 aliphatic rings. The van der Waals surface area contributed by atoms with E-state index in [9.17, 15) is 8.42 Å². The summed E-state index contributed by atoms with van der Waals surface area (Å²) in [7, 11) is -3.54. The Morgan fingerprint density at radius 3 is 2.88 bits per heavy atom. The standard InChI is InChI=1S/C16H13N3O2S4/c20-25(21,15-6-5-14(24-15)23-13-4-2-8-22-13)18-10-12-9-11-3-1-7-17-16(11)19-12/h1-9,18H,10H2,(H,17,19). The van der Waals surface area contributed by atoms with Crippen LogP contribution in [0.5, 0.6) is 0 Å². The molecule has 4 aromatic rings. The number of nitrogens with zero attached hydrogens (tertiary/aromatic N) is 1. The first-order valence-corrected chi connectivity index (χ1v) is 11.3. The maximum Gasteiger partial charge on any atom is 0.250 e. The summed E-state index contributed by atoms with van der Waals surface area (Å²) in [6.45, 7) is 0.198. The molecule has 0 aliphatic carbocycles. The Kier molecular flexibility index (Phi) is 4.65. The van der Waals surface area contributed by atoms with E-state index in [1.165, 1.54) is 11.3 Å². The van der Waals surface area contributed by atoms with Gasteiger partial charge < -0.3 is 4.98 Å². The fraction of sp³-hybridized carbons (Fsp3) is 0.0625. The van der Waals surface area contributed by atoms with E-state index in [2.05, 4.69) is 14.7 Å². The van der Waals surface area contributed by atoms with E-state index < -0.39 is 10.0 Å². The van der Waals surface area contributed by atoms with Crippen molar-refractivity contribution >= 4 is 55.5 Å². The Balaban J connectivity index is 1.47. The van der Waals surface area contributed by atoms with Crippen LogP contribution in [-0.2, 0) is 16.6 Å². The van der Waals surface area contributed by atoms with Crippen molar-refractivity contribution in [3.05, 3.63) is 59.7 Å². The average molecular weight is 408 g/mol. The number of aromatic amines is 1. The molecular weight excluding hydrogens is 394 g/mol. The maximum atomic E-state index is 12.5. The van der Waals surface area contributed by atoms with Gasteiger partial charge in [0, 0.05) is 17.3 Å². The van der Waals surface area contributed by atoms with Crippen LogP contribution in [0.4, 0.5) is 0 Å². The van der Waals surface area contributed by atoms with Gasteiger partial charge in [0.05, 0.1) is 15.0 Å². The molecule has 9 heteroatoms. The summed E-state index contributed by atoms with van der Waals surface area (Å²) in [5.74, 6) is 0. The number of hydrogen-bond acceptors (Lipinski definition) is 6. The first-order valence-electron chi connectivity index (χ1n) is 7.34. The molecule has 0 spiro atoms. The summed E-state index contributed by atoms with van der Waals surface area (Å²) in [5, 5.41) is 2.96. The van der Waals surface area contributed by atoms with Crippen LogP contribution in [0.1, 0.15) is 5.69 Å². The lowest BCUT2D eigenvalue weighted by molar-refractivity contribution is 0.583. The van der Waals surface area contributed by atoms with Crippen LogP contribution >= 0.6 is 34.4 Å². The molecule has 0 fully saturated rings. The molecular formula is C16H13N3O2S4. The predicted molar refractivity (Wildman–Crippen MR) is 103 cm³/mol. The molecule has 4 heterocycles. The largest absolute Gasteiger partial charge is 0.342 e. The van der Waals surface area contributed by atoms with Crippen molar-refractivity contribution in [2.75, 3.05) is 0 Å². The molecule has 5 nitrogen and oxygen atoms in total. The highest BCUT2D eigenvalue weighted by Crippen LogP contribution is 2.37. The Labute approximate surface area is 157 Å². The minimum atomic E-state index is -3.54. The molecule has 4 aromatic heterocycles. The normalized spacial score (nSPS) is 12.0. The van der Waals surface area contributed by atoms with Gasteiger partial charge in [-0.1, -0.05) is 17.8 Å². The topological polar surface area (TPSA) is 74.8 Å². The summed E-state index contributed by atoms with van der Waals surface area (Å²) in [6.07, 6.45) is 1.70. The Bertz CT molecular complexity index is 1060. The van der Waals surface area contributed by atoms with E-state index in [4.69, 9.17) is 0 Å². The first-order chi connectivity index (χ1) is 12.1. The summed E-state index contributed by atoms with van der Waals surface area (Å²) in [5.41, 5.74) is 1.53. The van der Waals surface area contributed by atoms with Crippen LogP contribution in [0.25, 0.3) is 11.0 Å². The number of rotatable bonds is 6. The summed E-state index contributed by atoms with van der Waals surface area (Å²) in [4.78, 5) is 7.33. The fourth-order valence-electron chi connectivity index (χ4n) is 2.28. The van der Waals surface area contributed by atoms with Gasteiger partial charge in [-0.15, -0.1) is 22.7 Å². The van der Waals surface area contributed by atoms with Gasteiger partial charge in [-0.05, 0) is 41.8 Å². The number of thiophene rings is 2. The minimum Gasteiger partial charge on any atom is -0.342 e. The van der Waals surface area contributed by atoms with Crippen molar-refractivity contribution in [2.24, 2.45) is 0 Å². The van der Waals surface area contributed by atoms with Crippen LogP contribution in [0.15, 0.2) is 66.7 Å². The van der Waals surface area contributed by atoms with Gasteiger partial charge in [0.1, 0.15) is 9.86 Å². The van der Waals surface area contributed by atoms with Gasteiger partial charge in [-0.3, -0.25) is 0 Å². The Hall–Kier alpha value is -1.65.